The summed E-state index contributed by atoms with van der Waals surface area (Å²) in [6.45, 7) is 3.67. The Morgan fingerprint density at radius 3 is 2.65 bits per heavy atom. The second kappa shape index (κ2) is 6.42. The van der Waals surface area contributed by atoms with Gasteiger partial charge in [0.05, 0.1) is 16.8 Å². The van der Waals surface area contributed by atoms with Crippen LogP contribution in [0.25, 0.3) is 0 Å². The highest BCUT2D eigenvalue weighted by Gasteiger charge is 2.32. The Morgan fingerprint density at radius 2 is 1.96 bits per heavy atom. The zero-order chi connectivity index (χ0) is 16.6. The van der Waals surface area contributed by atoms with E-state index < -0.39 is 0 Å². The quantitative estimate of drug-likeness (QED) is 0.799. The number of anilines is 2. The second-order valence-electron chi connectivity index (χ2n) is 5.85. The molecule has 0 radical (unpaired) electrons. The van der Waals surface area contributed by atoms with Gasteiger partial charge in [0.1, 0.15) is 0 Å². The molecule has 0 unspecified atom stereocenters. The summed E-state index contributed by atoms with van der Waals surface area (Å²) in [4.78, 5) is 13.9. The van der Waals surface area contributed by atoms with Crippen molar-refractivity contribution in [3.8, 4) is 0 Å². The number of para-hydroxylation sites is 1. The van der Waals surface area contributed by atoms with Gasteiger partial charge >= 0.3 is 0 Å². The van der Waals surface area contributed by atoms with Crippen LogP contribution in [0.5, 0.6) is 0 Å². The Balaban J connectivity index is 1.97. The van der Waals surface area contributed by atoms with Gasteiger partial charge in [-0.3, -0.25) is 4.79 Å². The van der Waals surface area contributed by atoms with E-state index in [1.807, 2.05) is 35.2 Å². The van der Waals surface area contributed by atoms with Crippen molar-refractivity contribution in [1.82, 2.24) is 0 Å². The maximum Gasteiger partial charge on any atom is 0.224 e. The van der Waals surface area contributed by atoms with Crippen LogP contribution in [-0.4, -0.2) is 11.9 Å². The molecule has 5 heteroatoms. The van der Waals surface area contributed by atoms with Crippen molar-refractivity contribution < 1.29 is 4.79 Å². The van der Waals surface area contributed by atoms with Gasteiger partial charge in [0.2, 0.25) is 5.91 Å². The first-order valence-electron chi connectivity index (χ1n) is 7.57. The summed E-state index contributed by atoms with van der Waals surface area (Å²) in [7, 11) is 0. The van der Waals surface area contributed by atoms with Crippen LogP contribution in [0, 0.1) is 0 Å². The summed E-state index contributed by atoms with van der Waals surface area (Å²) < 4.78 is 0. The molecule has 2 atom stereocenters. The molecular weight excluding hydrogens is 331 g/mol. The third-order valence-electron chi connectivity index (χ3n) is 4.19. The molecule has 1 aliphatic rings. The lowest BCUT2D eigenvalue weighted by molar-refractivity contribution is -0.117. The smallest absolute Gasteiger partial charge is 0.224 e. The van der Waals surface area contributed by atoms with Crippen LogP contribution in [0.1, 0.15) is 31.9 Å². The Kier molecular flexibility index (Phi) is 4.51. The molecule has 0 aliphatic carbocycles. The molecule has 2 aromatic rings. The van der Waals surface area contributed by atoms with Crippen molar-refractivity contribution in [2.24, 2.45) is 0 Å². The number of rotatable bonds is 2. The van der Waals surface area contributed by atoms with Crippen LogP contribution in [0.2, 0.25) is 10.0 Å². The van der Waals surface area contributed by atoms with E-state index >= 15 is 0 Å². The van der Waals surface area contributed by atoms with Crippen LogP contribution >= 0.6 is 23.2 Å². The van der Waals surface area contributed by atoms with Crippen molar-refractivity contribution in [2.45, 2.75) is 32.4 Å². The maximum absolute atomic E-state index is 12.0. The lowest BCUT2D eigenvalue weighted by Gasteiger charge is -2.39. The first-order valence-corrected chi connectivity index (χ1v) is 8.33. The van der Waals surface area contributed by atoms with E-state index in [1.54, 1.807) is 13.0 Å². The first kappa shape index (κ1) is 16.2. The molecule has 0 aromatic heterocycles. The zero-order valence-corrected chi connectivity index (χ0v) is 14.5. The number of fused-ring (bicyclic) bond motifs is 1. The number of amides is 1. The molecule has 3 nitrogen and oxygen atoms in total. The molecule has 0 saturated carbocycles. The van der Waals surface area contributed by atoms with Gasteiger partial charge in [-0.15, -0.1) is 0 Å². The highest BCUT2D eigenvalue weighted by Crippen LogP contribution is 2.40. The minimum absolute atomic E-state index is 0.0629. The van der Waals surface area contributed by atoms with Crippen molar-refractivity contribution >= 4 is 40.5 Å². The van der Waals surface area contributed by atoms with Crippen LogP contribution in [0.3, 0.4) is 0 Å². The molecule has 1 N–H and O–H groups in total. The van der Waals surface area contributed by atoms with Crippen LogP contribution in [0.15, 0.2) is 42.5 Å². The van der Waals surface area contributed by atoms with Crippen molar-refractivity contribution in [3.63, 3.8) is 0 Å². The van der Waals surface area contributed by atoms with Crippen molar-refractivity contribution in [1.29, 1.82) is 0 Å². The topological polar surface area (TPSA) is 32.3 Å². The highest BCUT2D eigenvalue weighted by molar-refractivity contribution is 6.36. The number of hydrogen-bond donors (Lipinski definition) is 1. The number of nitrogens with one attached hydrogen (secondary N) is 1. The normalized spacial score (nSPS) is 20.1. The fourth-order valence-electron chi connectivity index (χ4n) is 3.22. The van der Waals surface area contributed by atoms with E-state index in [9.17, 15) is 4.79 Å². The van der Waals surface area contributed by atoms with E-state index in [0.717, 1.165) is 23.4 Å². The van der Waals surface area contributed by atoms with E-state index in [1.165, 1.54) is 0 Å². The maximum atomic E-state index is 12.0. The minimum atomic E-state index is 0.0629. The van der Waals surface area contributed by atoms with Crippen LogP contribution in [0.4, 0.5) is 11.4 Å². The van der Waals surface area contributed by atoms with Crippen LogP contribution in [-0.2, 0) is 4.79 Å². The predicted octanol–water partition coefficient (Wildman–Crippen LogP) is 5.29. The van der Waals surface area contributed by atoms with Gasteiger partial charge in [0.15, 0.2) is 0 Å². The largest absolute Gasteiger partial charge is 0.377 e. The van der Waals surface area contributed by atoms with Crippen molar-refractivity contribution in [3.05, 3.63) is 58.1 Å². The van der Waals surface area contributed by atoms with Gasteiger partial charge in [-0.1, -0.05) is 41.4 Å². The van der Waals surface area contributed by atoms with E-state index in [0.29, 0.717) is 10.0 Å². The summed E-state index contributed by atoms with van der Waals surface area (Å²) >= 11 is 12.2. The summed E-state index contributed by atoms with van der Waals surface area (Å²) in [6, 6.07) is 13.6. The number of halogens is 2. The number of nitrogens with zero attached hydrogens (tertiary/aromatic N) is 1. The average Bonchev–Trinajstić information content (AvgIpc) is 2.49. The monoisotopic (exact) mass is 348 g/mol. The summed E-state index contributed by atoms with van der Waals surface area (Å²) in [5, 5.41) is 4.70. The Hall–Kier alpha value is -1.71. The second-order valence-corrected chi connectivity index (χ2v) is 6.70. The van der Waals surface area contributed by atoms with Gasteiger partial charge in [-0.05, 0) is 43.2 Å². The predicted molar refractivity (Wildman–Crippen MR) is 96.5 cm³/mol. The lowest BCUT2D eigenvalue weighted by Crippen LogP contribution is -2.43. The standard InChI is InChI=1S/C18H18Cl2N2O/c1-11-9-17(21-16-8-7-13(19)10-15(16)20)14-5-3-4-6-18(14)22(11)12(2)23/h3-8,10-11,17,21H,9H2,1-2H3/t11-,17+/m0/s1. The zero-order valence-electron chi connectivity index (χ0n) is 13.0. The van der Waals surface area contributed by atoms with E-state index in [4.69, 9.17) is 23.2 Å². The Bertz CT molecular complexity index is 748. The fourth-order valence-corrected chi connectivity index (χ4v) is 3.69. The lowest BCUT2D eigenvalue weighted by atomic mass is 9.91. The van der Waals surface area contributed by atoms with Crippen LogP contribution < -0.4 is 10.2 Å². The molecule has 120 valence electrons. The van der Waals surface area contributed by atoms with Gasteiger partial charge in [0.25, 0.3) is 0 Å². The molecule has 2 aromatic carbocycles. The molecule has 1 aliphatic heterocycles. The Labute approximate surface area is 146 Å². The molecule has 0 fully saturated rings. The first-order chi connectivity index (χ1) is 11.0. The molecule has 3 rings (SSSR count). The SMILES string of the molecule is CC(=O)N1c2ccccc2[C@H](Nc2ccc(Cl)cc2Cl)C[C@@H]1C. The van der Waals surface area contributed by atoms with Gasteiger partial charge in [-0.2, -0.15) is 0 Å². The number of benzene rings is 2. The number of carbonyl (C=O) groups excluding carboxylic acids is 1. The van der Waals surface area contributed by atoms with Gasteiger partial charge in [-0.25, -0.2) is 0 Å². The van der Waals surface area contributed by atoms with Gasteiger partial charge in [0, 0.05) is 23.7 Å². The number of carbonyl (C=O) groups is 1. The van der Waals surface area contributed by atoms with E-state index in [-0.39, 0.29) is 18.0 Å². The molecule has 0 spiro atoms. The molecule has 0 bridgehead atoms. The molecule has 1 amide bonds. The fraction of sp³-hybridized carbons (Fsp3) is 0.278. The molecule has 1 heterocycles. The minimum Gasteiger partial charge on any atom is -0.377 e. The summed E-state index contributed by atoms with van der Waals surface area (Å²) in [5.41, 5.74) is 2.91. The third-order valence-corrected chi connectivity index (χ3v) is 4.74. The van der Waals surface area contributed by atoms with E-state index in [2.05, 4.69) is 18.3 Å². The molecule has 23 heavy (non-hydrogen) atoms. The van der Waals surface area contributed by atoms with Crippen molar-refractivity contribution in [2.75, 3.05) is 10.2 Å². The molecule has 0 saturated heterocycles. The van der Waals surface area contributed by atoms with Gasteiger partial charge < -0.3 is 10.2 Å². The Morgan fingerprint density at radius 1 is 1.22 bits per heavy atom. The molecular formula is C18H18Cl2N2O. The average molecular weight is 349 g/mol. The highest BCUT2D eigenvalue weighted by atomic mass is 35.5. The third kappa shape index (κ3) is 3.17. The number of hydrogen-bond acceptors (Lipinski definition) is 2. The summed E-state index contributed by atoms with van der Waals surface area (Å²) in [5.74, 6) is 0.0629. The summed E-state index contributed by atoms with van der Waals surface area (Å²) in [6.07, 6.45) is 0.815.